The lowest BCUT2D eigenvalue weighted by molar-refractivity contribution is 0.595. The van der Waals surface area contributed by atoms with Crippen LogP contribution in [-0.4, -0.2) is 19.3 Å². The van der Waals surface area contributed by atoms with Crippen LogP contribution in [0.1, 0.15) is 5.56 Å². The molecule has 1 N–H and O–H groups in total. The van der Waals surface area contributed by atoms with Gasteiger partial charge in [-0.3, -0.25) is 14.2 Å². The van der Waals surface area contributed by atoms with Gasteiger partial charge in [-0.1, -0.05) is 30.3 Å². The van der Waals surface area contributed by atoms with Crippen LogP contribution < -0.4 is 5.69 Å². The van der Waals surface area contributed by atoms with E-state index in [1.165, 1.54) is 10.6 Å². The number of H-pyrrole nitrogens is 1. The predicted molar refractivity (Wildman–Crippen MR) is 93.1 cm³/mol. The van der Waals surface area contributed by atoms with Crippen LogP contribution in [0.4, 0.5) is 4.39 Å². The number of aromatic amines is 1. The van der Waals surface area contributed by atoms with Crippen molar-refractivity contribution in [2.45, 2.75) is 6.54 Å². The van der Waals surface area contributed by atoms with Crippen molar-refractivity contribution in [1.82, 2.24) is 19.3 Å². The molecular weight excluding hydrogens is 319 g/mol. The molecule has 124 valence electrons. The highest BCUT2D eigenvalue weighted by Gasteiger charge is 2.08. The fourth-order valence-electron chi connectivity index (χ4n) is 2.76. The standard InChI is InChI=1S/C19H15FN4O/c20-18-4-2-1-3-15(18)13-23-9-10-24(19(23)25)17-7-5-14(6-8-17)16-11-21-22-12-16/h1-12H,13H2,(H,21,22). The molecule has 0 bridgehead atoms. The van der Waals surface area contributed by atoms with Gasteiger partial charge in [0.1, 0.15) is 5.82 Å². The summed E-state index contributed by atoms with van der Waals surface area (Å²) in [6, 6.07) is 14.1. The highest BCUT2D eigenvalue weighted by Crippen LogP contribution is 2.19. The van der Waals surface area contributed by atoms with Gasteiger partial charge in [-0.05, 0) is 23.8 Å². The Labute approximate surface area is 143 Å². The van der Waals surface area contributed by atoms with Crippen LogP contribution in [0.3, 0.4) is 0 Å². The number of nitrogens with zero attached hydrogens (tertiary/aromatic N) is 3. The number of halogens is 1. The van der Waals surface area contributed by atoms with Crippen molar-refractivity contribution in [2.75, 3.05) is 0 Å². The van der Waals surface area contributed by atoms with E-state index in [0.29, 0.717) is 5.56 Å². The first-order chi connectivity index (χ1) is 12.2. The van der Waals surface area contributed by atoms with E-state index in [1.54, 1.807) is 41.4 Å². The maximum absolute atomic E-state index is 13.8. The van der Waals surface area contributed by atoms with Gasteiger partial charge in [0.2, 0.25) is 0 Å². The molecule has 0 amide bonds. The van der Waals surface area contributed by atoms with E-state index in [1.807, 2.05) is 30.5 Å². The van der Waals surface area contributed by atoms with Crippen LogP contribution in [-0.2, 0) is 6.54 Å². The monoisotopic (exact) mass is 334 g/mol. The van der Waals surface area contributed by atoms with E-state index in [-0.39, 0.29) is 18.1 Å². The molecule has 0 radical (unpaired) electrons. The third-order valence-electron chi connectivity index (χ3n) is 4.12. The number of hydrogen-bond donors (Lipinski definition) is 1. The Morgan fingerprint density at radius 1 is 1.00 bits per heavy atom. The Balaban J connectivity index is 1.63. The van der Waals surface area contributed by atoms with Gasteiger partial charge in [0.25, 0.3) is 0 Å². The molecule has 0 saturated carbocycles. The number of aromatic nitrogens is 4. The molecule has 0 aliphatic carbocycles. The van der Waals surface area contributed by atoms with Gasteiger partial charge in [-0.15, -0.1) is 0 Å². The molecule has 0 aliphatic rings. The molecule has 0 aliphatic heterocycles. The summed E-state index contributed by atoms with van der Waals surface area (Å²) in [4.78, 5) is 12.6. The topological polar surface area (TPSA) is 55.6 Å². The minimum absolute atomic E-state index is 0.200. The van der Waals surface area contributed by atoms with Gasteiger partial charge in [0.15, 0.2) is 0 Å². The van der Waals surface area contributed by atoms with Crippen molar-refractivity contribution in [3.63, 3.8) is 0 Å². The maximum Gasteiger partial charge on any atom is 0.333 e. The van der Waals surface area contributed by atoms with Crippen molar-refractivity contribution in [1.29, 1.82) is 0 Å². The van der Waals surface area contributed by atoms with E-state index in [4.69, 9.17) is 0 Å². The summed E-state index contributed by atoms with van der Waals surface area (Å²) in [7, 11) is 0. The number of hydrogen-bond acceptors (Lipinski definition) is 2. The zero-order valence-corrected chi connectivity index (χ0v) is 13.3. The summed E-state index contributed by atoms with van der Waals surface area (Å²) in [6.07, 6.45) is 6.91. The van der Waals surface area contributed by atoms with Gasteiger partial charge in [-0.2, -0.15) is 5.10 Å². The van der Waals surface area contributed by atoms with Crippen LogP contribution in [0.25, 0.3) is 16.8 Å². The Morgan fingerprint density at radius 2 is 1.80 bits per heavy atom. The van der Waals surface area contributed by atoms with Crippen molar-refractivity contribution < 1.29 is 4.39 Å². The number of rotatable bonds is 4. The molecule has 0 saturated heterocycles. The van der Waals surface area contributed by atoms with Crippen LogP contribution in [0.15, 0.2) is 78.1 Å². The van der Waals surface area contributed by atoms with Gasteiger partial charge in [0, 0.05) is 29.7 Å². The van der Waals surface area contributed by atoms with Crippen LogP contribution in [0.5, 0.6) is 0 Å². The largest absolute Gasteiger partial charge is 0.333 e. The first kappa shape index (κ1) is 15.1. The molecule has 5 nitrogen and oxygen atoms in total. The summed E-state index contributed by atoms with van der Waals surface area (Å²) >= 11 is 0. The number of nitrogens with one attached hydrogen (secondary N) is 1. The molecule has 2 aromatic heterocycles. The van der Waals surface area contributed by atoms with E-state index >= 15 is 0 Å². The van der Waals surface area contributed by atoms with Gasteiger partial charge >= 0.3 is 5.69 Å². The average molecular weight is 334 g/mol. The minimum Gasteiger partial charge on any atom is -0.294 e. The summed E-state index contributed by atoms with van der Waals surface area (Å²) < 4.78 is 16.8. The lowest BCUT2D eigenvalue weighted by Crippen LogP contribution is -2.23. The van der Waals surface area contributed by atoms with Crippen LogP contribution >= 0.6 is 0 Å². The van der Waals surface area contributed by atoms with Gasteiger partial charge < -0.3 is 0 Å². The number of benzene rings is 2. The molecule has 0 fully saturated rings. The quantitative estimate of drug-likeness (QED) is 0.623. The van der Waals surface area contributed by atoms with E-state index < -0.39 is 0 Å². The minimum atomic E-state index is -0.313. The summed E-state index contributed by atoms with van der Waals surface area (Å²) in [5.41, 5.74) is 3.02. The molecule has 4 rings (SSSR count). The van der Waals surface area contributed by atoms with Crippen LogP contribution in [0, 0.1) is 5.82 Å². The third kappa shape index (κ3) is 2.89. The Morgan fingerprint density at radius 3 is 2.52 bits per heavy atom. The molecule has 6 heteroatoms. The maximum atomic E-state index is 13.8. The average Bonchev–Trinajstić information content (AvgIpc) is 3.28. The lowest BCUT2D eigenvalue weighted by Gasteiger charge is -2.05. The zero-order valence-electron chi connectivity index (χ0n) is 13.3. The highest BCUT2D eigenvalue weighted by molar-refractivity contribution is 5.62. The lowest BCUT2D eigenvalue weighted by atomic mass is 10.1. The Bertz CT molecular complexity index is 1050. The predicted octanol–water partition coefficient (Wildman–Crippen LogP) is 3.22. The van der Waals surface area contributed by atoms with Gasteiger partial charge in [-0.25, -0.2) is 9.18 Å². The SMILES string of the molecule is O=c1n(Cc2ccccc2F)ccn1-c1ccc(-c2cn[nH]c2)cc1. The highest BCUT2D eigenvalue weighted by atomic mass is 19.1. The first-order valence-electron chi connectivity index (χ1n) is 7.83. The number of imidazole rings is 1. The summed E-state index contributed by atoms with van der Waals surface area (Å²) in [5, 5.41) is 6.70. The second-order valence-electron chi connectivity index (χ2n) is 5.70. The van der Waals surface area contributed by atoms with E-state index in [9.17, 15) is 9.18 Å². The summed E-state index contributed by atoms with van der Waals surface area (Å²) in [6.45, 7) is 0.200. The van der Waals surface area contributed by atoms with Gasteiger partial charge in [0.05, 0.1) is 18.4 Å². The van der Waals surface area contributed by atoms with Crippen molar-refractivity contribution in [3.05, 3.63) is 95.2 Å². The molecule has 0 unspecified atom stereocenters. The second kappa shape index (κ2) is 6.24. The fourth-order valence-corrected chi connectivity index (χ4v) is 2.76. The molecule has 0 atom stereocenters. The smallest absolute Gasteiger partial charge is 0.294 e. The summed E-state index contributed by atoms with van der Waals surface area (Å²) in [5.74, 6) is -0.313. The fraction of sp³-hybridized carbons (Fsp3) is 0.0526. The normalized spacial score (nSPS) is 10.9. The van der Waals surface area contributed by atoms with E-state index in [0.717, 1.165) is 16.8 Å². The van der Waals surface area contributed by atoms with Crippen molar-refractivity contribution in [2.24, 2.45) is 0 Å². The molecule has 2 heterocycles. The van der Waals surface area contributed by atoms with E-state index in [2.05, 4.69) is 10.2 Å². The molecule has 0 spiro atoms. The molecular formula is C19H15FN4O. The van der Waals surface area contributed by atoms with Crippen molar-refractivity contribution >= 4 is 0 Å². The molecule has 4 aromatic rings. The van der Waals surface area contributed by atoms with Crippen molar-refractivity contribution in [3.8, 4) is 16.8 Å². The first-order valence-corrected chi connectivity index (χ1v) is 7.83. The second-order valence-corrected chi connectivity index (χ2v) is 5.70. The molecule has 25 heavy (non-hydrogen) atoms. The molecule has 2 aromatic carbocycles. The van der Waals surface area contributed by atoms with Crippen LogP contribution in [0.2, 0.25) is 0 Å². The Kier molecular flexibility index (Phi) is 3.78. The Hall–Kier alpha value is -3.41. The zero-order chi connectivity index (χ0) is 17.2. The third-order valence-corrected chi connectivity index (χ3v) is 4.12.